The molecular weight excluding hydrogens is 1530 g/mol. The Labute approximate surface area is 687 Å². The number of primary amides is 1. The fraction of sp³-hybridized carbons (Fsp3) is 0.333. The second kappa shape index (κ2) is 38.4. The van der Waals surface area contributed by atoms with Crippen LogP contribution in [0.15, 0.2) is 195 Å². The minimum absolute atomic E-state index is 0.0265. The summed E-state index contributed by atoms with van der Waals surface area (Å²) in [6, 6.07) is 37.7. The Morgan fingerprint density at radius 1 is 0.576 bits per heavy atom. The number of ether oxygens (including phenoxy) is 6. The van der Waals surface area contributed by atoms with E-state index in [0.717, 1.165) is 67.0 Å². The normalized spacial score (nSPS) is 15.7. The number of anilines is 1. The molecular formula is C90H96N8O19S. The molecule has 7 N–H and O–H groups in total. The van der Waals surface area contributed by atoms with Crippen LogP contribution in [0.3, 0.4) is 0 Å². The highest BCUT2D eigenvalue weighted by Crippen LogP contribution is 2.44. The maximum Gasteiger partial charge on any atom is 0.336 e. The molecule has 1 fully saturated rings. The monoisotopic (exact) mass is 1620 g/mol. The lowest BCUT2D eigenvalue weighted by Crippen LogP contribution is -2.46. The van der Waals surface area contributed by atoms with E-state index in [1.54, 1.807) is 33.8 Å². The maximum absolute atomic E-state index is 15.1. The van der Waals surface area contributed by atoms with Gasteiger partial charge < -0.3 is 79.4 Å². The third kappa shape index (κ3) is 21.3. The van der Waals surface area contributed by atoms with Gasteiger partial charge in [0.25, 0.3) is 0 Å². The summed E-state index contributed by atoms with van der Waals surface area (Å²) in [5.74, 6) is -3.83. The first-order valence-electron chi connectivity index (χ1n) is 39.0. The first kappa shape index (κ1) is 84.7. The number of carboxylic acid groups (broad SMARTS) is 1. The van der Waals surface area contributed by atoms with Crippen molar-refractivity contribution in [1.82, 2.24) is 30.7 Å². The number of nitrogens with two attached hydrogens (primary N) is 1. The number of phenolic OH excluding ortho intramolecular Hbond substituents is 1. The van der Waals surface area contributed by atoms with Crippen molar-refractivity contribution in [3.8, 4) is 62.7 Å². The number of carbonyl (C=O) groups is 9. The van der Waals surface area contributed by atoms with Crippen LogP contribution < -0.4 is 60.4 Å². The van der Waals surface area contributed by atoms with Crippen molar-refractivity contribution in [1.29, 1.82) is 0 Å². The number of thioether (sulfide) groups is 1. The van der Waals surface area contributed by atoms with Gasteiger partial charge in [-0.05, 0) is 135 Å². The standard InChI is InChI=1S/C90H96N8O19S/c1-52(40-92-41-61-16-25-72-77(33-61)114-49-111-72)29-57(6)86(105)96(46-62-17-26-73-78(34-62)115-50-112-73)43-55(4)32-59(8)88(107)97(47-63-18-27-74-79(35-63)116-51-113-74)44-54(3)31-58(7)87(106)95(45-60-13-10-9-11-14-60)42-53(2)30-56(5)85(104)93-28-12-15-81(101)94-71(84(91)103)48-118-80-39-82(102)98(89(80)108)64-19-22-67(70(36-64)90(109)110)83-68-23-20-65(99)37-75(68)117-76-38-66(100)21-24-69(76)83/h9-11,13-14,16-27,29-38,56-59,71,80,92,99H,12,15,28,39-51H2,1-8H3,(H2,91,103)(H,93,104)(H,94,101)(H,109,110)/b52-29+,53-30+,54-31+,55-32+/t56-,57-,58-,59-,71-,80?/m0/s1. The summed E-state index contributed by atoms with van der Waals surface area (Å²) in [5, 5.41) is 29.1. The highest BCUT2D eigenvalue weighted by molar-refractivity contribution is 8.00. The van der Waals surface area contributed by atoms with E-state index >= 15 is 4.79 Å². The lowest BCUT2D eigenvalue weighted by Gasteiger charge is -2.28. The van der Waals surface area contributed by atoms with Crippen LogP contribution in [0.5, 0.6) is 40.2 Å². The van der Waals surface area contributed by atoms with Crippen molar-refractivity contribution >= 4 is 81.6 Å². The molecule has 27 nitrogen and oxygen atoms in total. The number of carbonyl (C=O) groups excluding carboxylic acids is 8. The molecule has 118 heavy (non-hydrogen) atoms. The van der Waals surface area contributed by atoms with Gasteiger partial charge in [-0.25, -0.2) is 9.69 Å². The van der Waals surface area contributed by atoms with Crippen LogP contribution in [0.1, 0.15) is 107 Å². The summed E-state index contributed by atoms with van der Waals surface area (Å²) in [6.45, 7) is 17.8. The number of hydrogen-bond acceptors (Lipinski definition) is 20. The minimum atomic E-state index is -1.39. The van der Waals surface area contributed by atoms with E-state index in [2.05, 4.69) is 16.0 Å². The highest BCUT2D eigenvalue weighted by Gasteiger charge is 2.41. The lowest BCUT2D eigenvalue weighted by atomic mass is 9.90. The van der Waals surface area contributed by atoms with Crippen molar-refractivity contribution in [3.63, 3.8) is 0 Å². The Kier molecular flexibility index (Phi) is 27.6. The Bertz CT molecular complexity index is 5330. The number of imide groups is 1. The molecule has 1 saturated heterocycles. The van der Waals surface area contributed by atoms with Gasteiger partial charge in [0.05, 0.1) is 40.2 Å². The van der Waals surface area contributed by atoms with Crippen LogP contribution in [0, 0.1) is 23.7 Å². The number of aromatic hydroxyl groups is 1. The molecule has 0 saturated carbocycles. The third-order valence-electron chi connectivity index (χ3n) is 20.5. The zero-order valence-corrected chi connectivity index (χ0v) is 67.8. The van der Waals surface area contributed by atoms with Crippen molar-refractivity contribution < 1.29 is 86.2 Å². The van der Waals surface area contributed by atoms with E-state index in [1.165, 1.54) is 48.5 Å². The number of nitrogens with one attached hydrogen (secondary N) is 3. The zero-order valence-electron chi connectivity index (χ0n) is 67.0. The molecule has 5 heterocycles. The molecule has 0 spiro atoms. The quantitative estimate of drug-likeness (QED) is 0.00919. The van der Waals surface area contributed by atoms with Gasteiger partial charge in [0.1, 0.15) is 23.1 Å². The summed E-state index contributed by atoms with van der Waals surface area (Å²) in [4.78, 5) is 143. The van der Waals surface area contributed by atoms with Crippen LogP contribution in [0.25, 0.3) is 33.4 Å². The molecule has 5 aliphatic heterocycles. The fourth-order valence-electron chi connectivity index (χ4n) is 14.9. The molecule has 0 radical (unpaired) electrons. The van der Waals surface area contributed by atoms with Crippen LogP contribution in [0.4, 0.5) is 5.69 Å². The van der Waals surface area contributed by atoms with E-state index < -0.39 is 64.6 Å². The van der Waals surface area contributed by atoms with E-state index in [9.17, 15) is 53.4 Å². The average Bonchev–Trinajstić information content (AvgIpc) is 1.11. The number of carboxylic acids is 1. The summed E-state index contributed by atoms with van der Waals surface area (Å²) in [6.07, 6.45) is 7.27. The smallest absolute Gasteiger partial charge is 0.336 e. The van der Waals surface area contributed by atoms with Gasteiger partial charge in [0, 0.05) is 106 Å². The number of fused-ring (bicyclic) bond motifs is 5. The SMILES string of the molecule is C/C(=C\[C@H](C)C(=O)N(C/C(C)=C/[C@H](C)C(=O)N(C/C(C)=C/[C@H](C)C(=O)N(C/C(C)=C/[C@H](C)C(=O)NCCCC(=O)N[C@@H](CSC1CC(=O)N(c2ccc(-c3c4ccc(=O)cc-4oc4cc(O)ccc34)c(C(=O)O)c2)C1=O)C(N)=O)Cc1ccccc1)Cc1ccc2c(c1)OCO2)Cc1ccc2c(c1)OCO2)CNCc1ccc2c(c1)OCO2. The molecule has 1 unspecified atom stereocenters. The lowest BCUT2D eigenvalue weighted by molar-refractivity contribution is -0.134. The van der Waals surface area contributed by atoms with Crippen molar-refractivity contribution in [3.05, 3.63) is 224 Å². The molecule has 0 bridgehead atoms. The molecule has 616 valence electrons. The first-order chi connectivity index (χ1) is 56.6. The Hall–Kier alpha value is -12.7. The highest BCUT2D eigenvalue weighted by atomic mass is 32.2. The summed E-state index contributed by atoms with van der Waals surface area (Å²) in [5.41, 5.74) is 13.0. The molecule has 0 aromatic heterocycles. The molecule has 1 aliphatic carbocycles. The van der Waals surface area contributed by atoms with Crippen molar-refractivity contribution in [2.75, 3.05) is 63.8 Å². The van der Waals surface area contributed by atoms with Crippen LogP contribution in [0.2, 0.25) is 0 Å². The van der Waals surface area contributed by atoms with Crippen LogP contribution in [-0.4, -0.2) is 148 Å². The predicted molar refractivity (Wildman–Crippen MR) is 444 cm³/mol. The zero-order chi connectivity index (χ0) is 84.0. The Morgan fingerprint density at radius 2 is 1.09 bits per heavy atom. The van der Waals surface area contributed by atoms with E-state index in [1.807, 2.05) is 152 Å². The van der Waals surface area contributed by atoms with Crippen LogP contribution in [-0.2, 0) is 64.5 Å². The second-order valence-corrected chi connectivity index (χ2v) is 31.5. The number of benzene rings is 7. The largest absolute Gasteiger partial charge is 0.508 e. The molecule has 6 aromatic carbocycles. The van der Waals surface area contributed by atoms with E-state index in [4.69, 9.17) is 38.6 Å². The molecule has 6 aromatic rings. The van der Waals surface area contributed by atoms with Crippen LogP contribution >= 0.6 is 11.8 Å². The second-order valence-electron chi connectivity index (χ2n) is 30.3. The van der Waals surface area contributed by atoms with Gasteiger partial charge in [-0.15, -0.1) is 11.8 Å². The minimum Gasteiger partial charge on any atom is -0.508 e. The molecule has 6 aliphatic rings. The van der Waals surface area contributed by atoms with Gasteiger partial charge in [-0.1, -0.05) is 129 Å². The number of rotatable bonds is 36. The van der Waals surface area contributed by atoms with Gasteiger partial charge in [0.15, 0.2) is 39.9 Å². The average molecular weight is 1630 g/mol. The van der Waals surface area contributed by atoms with Crippen molar-refractivity contribution in [2.45, 2.75) is 112 Å². The first-order valence-corrected chi connectivity index (χ1v) is 40.0. The third-order valence-corrected chi connectivity index (χ3v) is 21.8. The number of amides is 8. The predicted octanol–water partition coefficient (Wildman–Crippen LogP) is 11.6. The summed E-state index contributed by atoms with van der Waals surface area (Å²) in [7, 11) is 0. The number of hydrogen-bond donors (Lipinski definition) is 6. The summed E-state index contributed by atoms with van der Waals surface area (Å²) < 4.78 is 39.6. The topological polar surface area (TPSA) is 355 Å². The fourth-order valence-corrected chi connectivity index (χ4v) is 16.1. The van der Waals surface area contributed by atoms with Gasteiger partial charge >= 0.3 is 5.97 Å². The van der Waals surface area contributed by atoms with E-state index in [0.29, 0.717) is 58.4 Å². The molecule has 12 rings (SSSR count). The summed E-state index contributed by atoms with van der Waals surface area (Å²) >= 11 is 0.929. The van der Waals surface area contributed by atoms with Gasteiger partial charge in [0.2, 0.25) is 67.6 Å². The van der Waals surface area contributed by atoms with Gasteiger partial charge in [-0.3, -0.25) is 43.2 Å². The number of phenols is 1. The van der Waals surface area contributed by atoms with Crippen molar-refractivity contribution in [2.24, 2.45) is 29.4 Å². The van der Waals surface area contributed by atoms with E-state index in [-0.39, 0.29) is 154 Å². The Morgan fingerprint density at radius 3 is 1.65 bits per heavy atom. The number of nitrogens with zero attached hydrogens (tertiary/aromatic N) is 4. The molecule has 8 amide bonds. The number of aromatic carboxylic acids is 1. The maximum atomic E-state index is 15.1. The molecule has 28 heteroatoms. The molecule has 6 atom stereocenters. The Balaban J connectivity index is 0.646. The van der Waals surface area contributed by atoms with Gasteiger partial charge in [-0.2, -0.15) is 0 Å².